The van der Waals surface area contributed by atoms with Crippen molar-refractivity contribution < 1.29 is 14.3 Å². The zero-order chi connectivity index (χ0) is 18.2. The zero-order valence-corrected chi connectivity index (χ0v) is 15.8. The molecule has 1 unspecified atom stereocenters. The summed E-state index contributed by atoms with van der Waals surface area (Å²) in [6, 6.07) is 7.29. The predicted octanol–water partition coefficient (Wildman–Crippen LogP) is 3.66. The molecule has 2 heterocycles. The average molecular weight is 361 g/mol. The molecule has 1 atom stereocenters. The average Bonchev–Trinajstić information content (AvgIpc) is 3.18. The molecule has 1 aromatic carbocycles. The number of thiazole rings is 1. The molecule has 1 fully saturated rings. The first kappa shape index (κ1) is 17.7. The molecule has 0 aliphatic carbocycles. The first-order valence-electron chi connectivity index (χ1n) is 8.39. The summed E-state index contributed by atoms with van der Waals surface area (Å²) in [5.74, 6) is -0.123. The van der Waals surface area contributed by atoms with Crippen LogP contribution >= 0.6 is 11.3 Å². The van der Waals surface area contributed by atoms with Gasteiger partial charge in [0.25, 0.3) is 5.91 Å². The highest BCUT2D eigenvalue weighted by Crippen LogP contribution is 2.30. The van der Waals surface area contributed by atoms with E-state index in [0.717, 1.165) is 16.6 Å². The monoisotopic (exact) mass is 361 g/mol. The summed E-state index contributed by atoms with van der Waals surface area (Å²) < 4.78 is 6.47. The summed E-state index contributed by atoms with van der Waals surface area (Å²) in [4.78, 5) is 33.0. The molecule has 2 aromatic rings. The van der Waals surface area contributed by atoms with E-state index in [0.29, 0.717) is 18.1 Å². The van der Waals surface area contributed by atoms with Gasteiger partial charge in [0.1, 0.15) is 11.6 Å². The van der Waals surface area contributed by atoms with Crippen LogP contribution in [0.4, 0.5) is 9.93 Å². The molecule has 1 saturated heterocycles. The van der Waals surface area contributed by atoms with Crippen LogP contribution in [0.15, 0.2) is 24.3 Å². The SMILES string of the molecule is CN(C(=O)C1CCCN1C(=O)OC(C)(C)C)c1nc2ccccc2s1. The van der Waals surface area contributed by atoms with Crippen molar-refractivity contribution in [1.29, 1.82) is 0 Å². The standard InChI is InChI=1S/C18H23N3O3S/c1-18(2,3)24-17(23)21-11-7-9-13(21)15(22)20(4)16-19-12-8-5-6-10-14(12)25-16/h5-6,8,10,13H,7,9,11H2,1-4H3. The van der Waals surface area contributed by atoms with Crippen LogP contribution in [0.25, 0.3) is 10.2 Å². The van der Waals surface area contributed by atoms with Gasteiger partial charge in [0.2, 0.25) is 0 Å². The Kier molecular flexibility index (Phi) is 4.69. The lowest BCUT2D eigenvalue weighted by Gasteiger charge is -2.29. The van der Waals surface area contributed by atoms with E-state index >= 15 is 0 Å². The van der Waals surface area contributed by atoms with Crippen molar-refractivity contribution in [2.75, 3.05) is 18.5 Å². The Bertz CT molecular complexity index is 763. The second-order valence-corrected chi connectivity index (χ2v) is 8.20. The summed E-state index contributed by atoms with van der Waals surface area (Å²) in [6.07, 6.45) is 1.01. The maximum Gasteiger partial charge on any atom is 0.410 e. The van der Waals surface area contributed by atoms with Crippen LogP contribution in [0.1, 0.15) is 33.6 Å². The van der Waals surface area contributed by atoms with E-state index in [9.17, 15) is 9.59 Å². The summed E-state index contributed by atoms with van der Waals surface area (Å²) >= 11 is 1.47. The van der Waals surface area contributed by atoms with E-state index in [1.807, 2.05) is 45.0 Å². The number of fused-ring (bicyclic) bond motifs is 1. The fraction of sp³-hybridized carbons (Fsp3) is 0.500. The highest BCUT2D eigenvalue weighted by molar-refractivity contribution is 7.22. The normalized spacial score (nSPS) is 17.8. The third-order valence-electron chi connectivity index (χ3n) is 4.07. The topological polar surface area (TPSA) is 62.7 Å². The van der Waals surface area contributed by atoms with Gasteiger partial charge in [-0.05, 0) is 45.7 Å². The van der Waals surface area contributed by atoms with Gasteiger partial charge in [-0.3, -0.25) is 14.6 Å². The number of likely N-dealkylation sites (tertiary alicyclic amines) is 1. The molecule has 2 amide bonds. The molecule has 0 N–H and O–H groups in total. The number of amides is 2. The van der Waals surface area contributed by atoms with Crippen LogP contribution in [0.3, 0.4) is 0 Å². The summed E-state index contributed by atoms with van der Waals surface area (Å²) in [7, 11) is 1.71. The van der Waals surface area contributed by atoms with Crippen LogP contribution in [0, 0.1) is 0 Å². The Labute approximate surface area is 151 Å². The molecule has 1 aliphatic heterocycles. The number of hydrogen-bond donors (Lipinski definition) is 0. The Morgan fingerprint density at radius 3 is 2.72 bits per heavy atom. The minimum atomic E-state index is -0.577. The maximum atomic E-state index is 12.9. The van der Waals surface area contributed by atoms with Crippen molar-refractivity contribution >= 4 is 38.7 Å². The lowest BCUT2D eigenvalue weighted by molar-refractivity contribution is -0.122. The zero-order valence-electron chi connectivity index (χ0n) is 15.0. The molecule has 0 spiro atoms. The third-order valence-corrected chi connectivity index (χ3v) is 5.18. The number of hydrogen-bond acceptors (Lipinski definition) is 5. The molecule has 3 rings (SSSR count). The largest absolute Gasteiger partial charge is 0.444 e. The molecule has 0 radical (unpaired) electrons. The Balaban J connectivity index is 1.77. The quantitative estimate of drug-likeness (QED) is 0.819. The van der Waals surface area contributed by atoms with E-state index in [-0.39, 0.29) is 5.91 Å². The number of likely N-dealkylation sites (N-methyl/N-ethyl adjacent to an activating group) is 1. The van der Waals surface area contributed by atoms with Crippen molar-refractivity contribution in [3.63, 3.8) is 0 Å². The molecule has 134 valence electrons. The van der Waals surface area contributed by atoms with Crippen LogP contribution < -0.4 is 4.90 Å². The van der Waals surface area contributed by atoms with Crippen molar-refractivity contribution in [1.82, 2.24) is 9.88 Å². The molecule has 7 heteroatoms. The van der Waals surface area contributed by atoms with Gasteiger partial charge in [0.05, 0.1) is 10.2 Å². The molecule has 25 heavy (non-hydrogen) atoms. The van der Waals surface area contributed by atoms with Crippen molar-refractivity contribution in [2.45, 2.75) is 45.3 Å². The number of carbonyl (C=O) groups is 2. The number of anilines is 1. The lowest BCUT2D eigenvalue weighted by Crippen LogP contribution is -2.48. The van der Waals surface area contributed by atoms with E-state index < -0.39 is 17.7 Å². The van der Waals surface area contributed by atoms with Crippen molar-refractivity contribution in [3.8, 4) is 0 Å². The minimum Gasteiger partial charge on any atom is -0.444 e. The van der Waals surface area contributed by atoms with Gasteiger partial charge in [0.15, 0.2) is 5.13 Å². The second-order valence-electron chi connectivity index (χ2n) is 7.19. The lowest BCUT2D eigenvalue weighted by atomic mass is 10.2. The van der Waals surface area contributed by atoms with Crippen LogP contribution in [0.5, 0.6) is 0 Å². The highest BCUT2D eigenvalue weighted by Gasteiger charge is 2.38. The Hall–Kier alpha value is -2.15. The summed E-state index contributed by atoms with van der Waals surface area (Å²) in [5.41, 5.74) is 0.296. The third kappa shape index (κ3) is 3.76. The molecule has 1 aromatic heterocycles. The van der Waals surface area contributed by atoms with Gasteiger partial charge in [-0.15, -0.1) is 0 Å². The van der Waals surface area contributed by atoms with Gasteiger partial charge in [-0.2, -0.15) is 0 Å². The van der Waals surface area contributed by atoms with E-state index in [2.05, 4.69) is 4.98 Å². The fourth-order valence-electron chi connectivity index (χ4n) is 2.88. The molecule has 1 aliphatic rings. The number of nitrogens with zero attached hydrogens (tertiary/aromatic N) is 3. The molecule has 6 nitrogen and oxygen atoms in total. The number of ether oxygens (including phenoxy) is 1. The van der Waals surface area contributed by atoms with Gasteiger partial charge >= 0.3 is 6.09 Å². The second kappa shape index (κ2) is 6.63. The van der Waals surface area contributed by atoms with Crippen LogP contribution in [0.2, 0.25) is 0 Å². The fourth-order valence-corrected chi connectivity index (χ4v) is 3.82. The van der Waals surface area contributed by atoms with Crippen LogP contribution in [-0.2, 0) is 9.53 Å². The number of benzene rings is 1. The minimum absolute atomic E-state index is 0.123. The highest BCUT2D eigenvalue weighted by atomic mass is 32.1. The van der Waals surface area contributed by atoms with Crippen molar-refractivity contribution in [3.05, 3.63) is 24.3 Å². The predicted molar refractivity (Wildman–Crippen MR) is 99.0 cm³/mol. The van der Waals surface area contributed by atoms with E-state index in [1.165, 1.54) is 16.2 Å². The number of rotatable bonds is 2. The number of para-hydroxylation sites is 1. The van der Waals surface area contributed by atoms with E-state index in [4.69, 9.17) is 4.74 Å². The van der Waals surface area contributed by atoms with Gasteiger partial charge in [-0.1, -0.05) is 23.5 Å². The molecular formula is C18H23N3O3S. The van der Waals surface area contributed by atoms with Gasteiger partial charge in [0, 0.05) is 13.6 Å². The number of carbonyl (C=O) groups excluding carboxylic acids is 2. The smallest absolute Gasteiger partial charge is 0.410 e. The van der Waals surface area contributed by atoms with Gasteiger partial charge < -0.3 is 4.74 Å². The van der Waals surface area contributed by atoms with Gasteiger partial charge in [-0.25, -0.2) is 9.78 Å². The Morgan fingerprint density at radius 2 is 2.04 bits per heavy atom. The van der Waals surface area contributed by atoms with E-state index in [1.54, 1.807) is 11.9 Å². The number of aromatic nitrogens is 1. The maximum absolute atomic E-state index is 12.9. The van der Waals surface area contributed by atoms with Crippen molar-refractivity contribution in [2.24, 2.45) is 0 Å². The first-order valence-corrected chi connectivity index (χ1v) is 9.21. The summed E-state index contributed by atoms with van der Waals surface area (Å²) in [5, 5.41) is 0.641. The molecule has 0 bridgehead atoms. The Morgan fingerprint density at radius 1 is 1.32 bits per heavy atom. The molecule has 0 saturated carbocycles. The first-order chi connectivity index (χ1) is 11.8. The summed E-state index contributed by atoms with van der Waals surface area (Å²) in [6.45, 7) is 6.01. The molecular weight excluding hydrogens is 338 g/mol. The van der Waals surface area contributed by atoms with Crippen LogP contribution in [-0.4, -0.2) is 47.1 Å².